The molecule has 0 aliphatic heterocycles. The van der Waals surface area contributed by atoms with E-state index in [9.17, 15) is 9.59 Å². The Bertz CT molecular complexity index is 581. The van der Waals surface area contributed by atoms with E-state index < -0.39 is 17.1 Å². The van der Waals surface area contributed by atoms with Crippen LogP contribution in [0.15, 0.2) is 60.7 Å². The van der Waals surface area contributed by atoms with E-state index in [-0.39, 0.29) is 6.61 Å². The standard InChI is InChI=1S/C16H13ClO3/c17-15(18)14(13-9-5-2-6-10-13)16(19)20-11-12-7-3-1-4-8-12/h1-10,14H,11H2. The molecule has 3 nitrogen and oxygen atoms in total. The summed E-state index contributed by atoms with van der Waals surface area (Å²) in [6.07, 6.45) is 0. The Morgan fingerprint density at radius 2 is 1.50 bits per heavy atom. The molecule has 2 aromatic rings. The second kappa shape index (κ2) is 6.87. The van der Waals surface area contributed by atoms with Gasteiger partial charge >= 0.3 is 5.97 Å². The van der Waals surface area contributed by atoms with Crippen molar-refractivity contribution in [3.63, 3.8) is 0 Å². The summed E-state index contributed by atoms with van der Waals surface area (Å²) >= 11 is 5.52. The van der Waals surface area contributed by atoms with Crippen LogP contribution < -0.4 is 0 Å². The smallest absolute Gasteiger partial charge is 0.322 e. The normalized spacial score (nSPS) is 11.7. The molecule has 0 saturated carbocycles. The van der Waals surface area contributed by atoms with Gasteiger partial charge in [-0.3, -0.25) is 9.59 Å². The largest absolute Gasteiger partial charge is 0.460 e. The summed E-state index contributed by atoms with van der Waals surface area (Å²) in [5.41, 5.74) is 1.39. The van der Waals surface area contributed by atoms with E-state index >= 15 is 0 Å². The maximum atomic E-state index is 12.0. The molecule has 0 amide bonds. The minimum Gasteiger partial charge on any atom is -0.460 e. The highest BCUT2D eigenvalue weighted by Crippen LogP contribution is 2.21. The highest BCUT2D eigenvalue weighted by molar-refractivity contribution is 6.66. The molecule has 0 aliphatic rings. The van der Waals surface area contributed by atoms with Crippen LogP contribution >= 0.6 is 11.6 Å². The molecule has 0 radical (unpaired) electrons. The second-order valence-corrected chi connectivity index (χ2v) is 4.61. The molecule has 0 aromatic heterocycles. The zero-order chi connectivity index (χ0) is 14.4. The lowest BCUT2D eigenvalue weighted by Crippen LogP contribution is -2.21. The number of ether oxygens (including phenoxy) is 1. The Hall–Kier alpha value is -2.13. The van der Waals surface area contributed by atoms with Crippen LogP contribution in [0.3, 0.4) is 0 Å². The van der Waals surface area contributed by atoms with E-state index in [1.54, 1.807) is 30.3 Å². The summed E-state index contributed by atoms with van der Waals surface area (Å²) < 4.78 is 5.16. The Morgan fingerprint density at radius 1 is 0.950 bits per heavy atom. The number of hydrogen-bond acceptors (Lipinski definition) is 3. The zero-order valence-electron chi connectivity index (χ0n) is 10.7. The lowest BCUT2D eigenvalue weighted by atomic mass is 10.0. The van der Waals surface area contributed by atoms with Crippen molar-refractivity contribution in [3.8, 4) is 0 Å². The molecule has 0 N–H and O–H groups in total. The van der Waals surface area contributed by atoms with Crippen molar-refractivity contribution in [1.29, 1.82) is 0 Å². The molecule has 0 saturated heterocycles. The van der Waals surface area contributed by atoms with E-state index in [0.29, 0.717) is 5.56 Å². The van der Waals surface area contributed by atoms with Crippen molar-refractivity contribution in [2.75, 3.05) is 0 Å². The highest BCUT2D eigenvalue weighted by Gasteiger charge is 2.28. The molecule has 102 valence electrons. The van der Waals surface area contributed by atoms with Gasteiger partial charge in [-0.05, 0) is 22.7 Å². The first-order valence-corrected chi connectivity index (χ1v) is 6.51. The van der Waals surface area contributed by atoms with Gasteiger partial charge in [-0.1, -0.05) is 60.7 Å². The number of halogens is 1. The van der Waals surface area contributed by atoms with Gasteiger partial charge in [0.25, 0.3) is 0 Å². The molecule has 4 heteroatoms. The fourth-order valence-electron chi connectivity index (χ4n) is 1.82. The topological polar surface area (TPSA) is 43.4 Å². The molecular weight excluding hydrogens is 276 g/mol. The second-order valence-electron chi connectivity index (χ2n) is 4.24. The maximum Gasteiger partial charge on any atom is 0.322 e. The minimum atomic E-state index is -1.08. The van der Waals surface area contributed by atoms with Crippen LogP contribution in [0.2, 0.25) is 0 Å². The van der Waals surface area contributed by atoms with Gasteiger partial charge in [-0.15, -0.1) is 0 Å². The van der Waals surface area contributed by atoms with Gasteiger partial charge in [-0.25, -0.2) is 0 Å². The van der Waals surface area contributed by atoms with Crippen LogP contribution in [0.5, 0.6) is 0 Å². The van der Waals surface area contributed by atoms with Gasteiger partial charge in [0, 0.05) is 0 Å². The summed E-state index contributed by atoms with van der Waals surface area (Å²) in [5, 5.41) is -0.741. The van der Waals surface area contributed by atoms with Crippen molar-refractivity contribution in [2.45, 2.75) is 12.5 Å². The first-order valence-electron chi connectivity index (χ1n) is 6.13. The lowest BCUT2D eigenvalue weighted by molar-refractivity contribution is -0.148. The Labute approximate surface area is 122 Å². The molecule has 2 rings (SSSR count). The maximum absolute atomic E-state index is 12.0. The number of esters is 1. The van der Waals surface area contributed by atoms with Gasteiger partial charge in [0.1, 0.15) is 6.61 Å². The van der Waals surface area contributed by atoms with Crippen LogP contribution in [-0.4, -0.2) is 11.2 Å². The highest BCUT2D eigenvalue weighted by atomic mass is 35.5. The van der Waals surface area contributed by atoms with E-state index in [2.05, 4.69) is 0 Å². The predicted octanol–water partition coefficient (Wildman–Crippen LogP) is 3.28. The van der Waals surface area contributed by atoms with Gasteiger partial charge in [-0.2, -0.15) is 0 Å². The fraction of sp³-hybridized carbons (Fsp3) is 0.125. The number of rotatable bonds is 5. The van der Waals surface area contributed by atoms with Gasteiger partial charge in [0.2, 0.25) is 5.24 Å². The SMILES string of the molecule is O=C(Cl)C(C(=O)OCc1ccccc1)c1ccccc1. The van der Waals surface area contributed by atoms with Crippen LogP contribution in [0, 0.1) is 0 Å². The average molecular weight is 289 g/mol. The number of carbonyl (C=O) groups is 2. The molecule has 1 unspecified atom stereocenters. The number of carbonyl (C=O) groups excluding carboxylic acids is 2. The molecule has 0 spiro atoms. The van der Waals surface area contributed by atoms with Crippen molar-refractivity contribution in [2.24, 2.45) is 0 Å². The minimum absolute atomic E-state index is 0.118. The third-order valence-electron chi connectivity index (χ3n) is 2.82. The van der Waals surface area contributed by atoms with Crippen molar-refractivity contribution in [3.05, 3.63) is 71.8 Å². The summed E-state index contributed by atoms with van der Waals surface area (Å²) in [6.45, 7) is 0.118. The third-order valence-corrected chi connectivity index (χ3v) is 3.04. The molecule has 1 atom stereocenters. The van der Waals surface area contributed by atoms with Crippen LogP contribution in [0.1, 0.15) is 17.0 Å². The van der Waals surface area contributed by atoms with E-state index in [1.165, 1.54) is 0 Å². The van der Waals surface area contributed by atoms with Gasteiger partial charge in [0.05, 0.1) is 0 Å². The molecular formula is C16H13ClO3. The van der Waals surface area contributed by atoms with E-state index in [4.69, 9.17) is 16.3 Å². The third kappa shape index (κ3) is 3.68. The Kier molecular flexibility index (Phi) is 4.91. The molecule has 0 fully saturated rings. The van der Waals surface area contributed by atoms with Crippen molar-refractivity contribution in [1.82, 2.24) is 0 Å². The number of hydrogen-bond donors (Lipinski definition) is 0. The summed E-state index contributed by atoms with van der Waals surface area (Å²) in [5.74, 6) is -1.72. The van der Waals surface area contributed by atoms with Crippen molar-refractivity contribution >= 4 is 22.8 Å². The lowest BCUT2D eigenvalue weighted by Gasteiger charge is -2.12. The van der Waals surface area contributed by atoms with Gasteiger partial charge in [0.15, 0.2) is 5.92 Å². The molecule has 0 aliphatic carbocycles. The fourth-order valence-corrected chi connectivity index (χ4v) is 2.03. The van der Waals surface area contributed by atoms with Gasteiger partial charge < -0.3 is 4.74 Å². The van der Waals surface area contributed by atoms with Crippen LogP contribution in [-0.2, 0) is 20.9 Å². The molecule has 0 heterocycles. The quantitative estimate of drug-likeness (QED) is 0.482. The molecule has 2 aromatic carbocycles. The molecule has 0 bridgehead atoms. The van der Waals surface area contributed by atoms with Crippen LogP contribution in [0.4, 0.5) is 0 Å². The first kappa shape index (κ1) is 14.3. The summed E-state index contributed by atoms with van der Waals surface area (Å²) in [4.78, 5) is 23.5. The number of benzene rings is 2. The van der Waals surface area contributed by atoms with Crippen molar-refractivity contribution < 1.29 is 14.3 Å². The van der Waals surface area contributed by atoms with Crippen LogP contribution in [0.25, 0.3) is 0 Å². The zero-order valence-corrected chi connectivity index (χ0v) is 11.4. The van der Waals surface area contributed by atoms with E-state index in [0.717, 1.165) is 5.56 Å². The summed E-state index contributed by atoms with van der Waals surface area (Å²) in [6, 6.07) is 17.9. The predicted molar refractivity (Wildman–Crippen MR) is 76.3 cm³/mol. The Morgan fingerprint density at radius 3 is 2.05 bits per heavy atom. The Balaban J connectivity index is 2.07. The first-order chi connectivity index (χ1) is 9.68. The monoisotopic (exact) mass is 288 g/mol. The van der Waals surface area contributed by atoms with E-state index in [1.807, 2.05) is 30.3 Å². The molecule has 20 heavy (non-hydrogen) atoms. The average Bonchev–Trinajstić information content (AvgIpc) is 2.47. The summed E-state index contributed by atoms with van der Waals surface area (Å²) in [7, 11) is 0.